The number of halogens is 4. The summed E-state index contributed by atoms with van der Waals surface area (Å²) >= 11 is 2.21. The van der Waals surface area contributed by atoms with Gasteiger partial charge in [-0.25, -0.2) is 27.5 Å². The van der Waals surface area contributed by atoms with Gasteiger partial charge in [0.2, 0.25) is 22.4 Å². The van der Waals surface area contributed by atoms with E-state index in [9.17, 15) is 39.4 Å². The van der Waals surface area contributed by atoms with Crippen LogP contribution < -0.4 is 0 Å². The van der Waals surface area contributed by atoms with E-state index in [0.717, 1.165) is 22.7 Å². The molecule has 0 saturated carbocycles. The fraction of sp³-hybridized carbons (Fsp3) is 0.0857. The highest BCUT2D eigenvalue weighted by atomic mass is 32.1. The molecule has 0 unspecified atom stereocenters. The number of hydrogen-bond donors (Lipinski definition) is 0. The van der Waals surface area contributed by atoms with Crippen molar-refractivity contribution < 1.29 is 65.3 Å². The standard InChI is InChI=1S/C70H34F4N6O10S3/c71-46-21-41-43(23-48(46)73)60(81)58(53(41)39(27-75)28-76)79-51-25-45-62(92-51)55-56(69(45,65(83)87-31-35-13-5-1-6-14-35)66(84)88-32-36-15-7-2-8-16-36)64-57(70(55,67(85)89-33-37-17-9-3-10-18-37)68(86)90-34-38-19-11-4-12-20-38)63-50(91-64)26-52(93-63)80-59-54(40(29-77)30-78)42-22-47(72)49(74)24-44(42)61(59)82/h1-26H,31-34H2/b79-58-,80-59+. The summed E-state index contributed by atoms with van der Waals surface area (Å²) in [7, 11) is 0. The Morgan fingerprint density at radius 3 is 1.15 bits per heavy atom. The van der Waals surface area contributed by atoms with Crippen molar-refractivity contribution in [1.82, 2.24) is 0 Å². The SMILES string of the molecule is N#CC(C#N)=C1/C(=N/c2cc3c(s2)C2=C(c4sc5cc(/N=C6/C(=O)c7cc(F)c(F)cc7C6=C(C#N)C#N)sc5c4C2(C(=O)OCc2ccccc2)C(=O)OCc2ccccc2)C3(C(=O)OCc2ccccc2)C(=O)OCc2ccccc2)C(=O)c2cc(F)c(F)cc21. The summed E-state index contributed by atoms with van der Waals surface area (Å²) in [5, 5.41) is 40.4. The third-order valence-corrected chi connectivity index (χ3v) is 19.2. The topological polar surface area (TPSA) is 259 Å². The second kappa shape index (κ2) is 23.8. The number of aliphatic imine (C=N–C) groups is 2. The summed E-state index contributed by atoms with van der Waals surface area (Å²) in [6.07, 6.45) is 0. The van der Waals surface area contributed by atoms with Gasteiger partial charge in [-0.1, -0.05) is 121 Å². The van der Waals surface area contributed by atoms with Gasteiger partial charge in [-0.2, -0.15) is 21.0 Å². The fourth-order valence-corrected chi connectivity index (χ4v) is 15.6. The molecule has 6 aromatic carbocycles. The Labute approximate surface area is 535 Å². The van der Waals surface area contributed by atoms with Crippen molar-refractivity contribution in [2.24, 2.45) is 9.98 Å². The average molecular weight is 1290 g/mol. The van der Waals surface area contributed by atoms with Crippen molar-refractivity contribution >= 4 is 123 Å². The highest BCUT2D eigenvalue weighted by molar-refractivity contribution is 7.31. The van der Waals surface area contributed by atoms with Gasteiger partial charge in [0.15, 0.2) is 23.3 Å². The van der Waals surface area contributed by atoms with E-state index in [4.69, 9.17) is 18.9 Å². The van der Waals surface area contributed by atoms with E-state index >= 15 is 28.0 Å². The molecule has 16 nitrogen and oxygen atoms in total. The molecule has 0 radical (unpaired) electrons. The van der Waals surface area contributed by atoms with E-state index in [2.05, 4.69) is 9.98 Å². The molecular formula is C70H34F4N6O10S3. The van der Waals surface area contributed by atoms with Crippen LogP contribution in [0.15, 0.2) is 179 Å². The minimum Gasteiger partial charge on any atom is -0.459 e. The molecule has 0 aliphatic heterocycles. The lowest BCUT2D eigenvalue weighted by Crippen LogP contribution is -2.45. The molecular weight excluding hydrogens is 1260 g/mol. The lowest BCUT2D eigenvalue weighted by molar-refractivity contribution is -0.165. The molecule has 23 heteroatoms. The Morgan fingerprint density at radius 1 is 0.430 bits per heavy atom. The van der Waals surface area contributed by atoms with Gasteiger partial charge in [0.25, 0.3) is 0 Å². The minimum atomic E-state index is -2.95. The Morgan fingerprint density at radius 2 is 0.774 bits per heavy atom. The number of ketones is 2. The number of carbonyl (C=O) groups is 6. The molecule has 9 aromatic rings. The van der Waals surface area contributed by atoms with Crippen LogP contribution >= 0.6 is 34.0 Å². The molecule has 0 bridgehead atoms. The van der Waals surface area contributed by atoms with Crippen molar-refractivity contribution in [3.63, 3.8) is 0 Å². The quantitative estimate of drug-likeness (QED) is 0.0322. The van der Waals surface area contributed by atoms with Crippen LogP contribution in [0.3, 0.4) is 0 Å². The maximum atomic E-state index is 16.4. The first kappa shape index (κ1) is 60.1. The van der Waals surface area contributed by atoms with E-state index in [1.165, 1.54) is 12.1 Å². The minimum absolute atomic E-state index is 0.0373. The van der Waals surface area contributed by atoms with Gasteiger partial charge in [-0.05, 0) is 58.7 Å². The van der Waals surface area contributed by atoms with Crippen LogP contribution in [0.4, 0.5) is 27.6 Å². The number of benzene rings is 6. The van der Waals surface area contributed by atoms with Crippen molar-refractivity contribution in [1.29, 1.82) is 21.0 Å². The van der Waals surface area contributed by atoms with Gasteiger partial charge in [0.05, 0.1) is 4.70 Å². The highest BCUT2D eigenvalue weighted by Gasteiger charge is 2.72. The predicted molar refractivity (Wildman–Crippen MR) is 331 cm³/mol. The molecule has 0 amide bonds. The number of Topliss-reactive ketones (excluding diaryl/α,β-unsaturated/α-hetero) is 2. The summed E-state index contributed by atoms with van der Waals surface area (Å²) in [6, 6.07) is 45.2. The number of allylic oxidation sites excluding steroid dienone is 4. The van der Waals surface area contributed by atoms with Gasteiger partial charge < -0.3 is 18.9 Å². The Kier molecular flexibility index (Phi) is 15.4. The van der Waals surface area contributed by atoms with Crippen LogP contribution in [0, 0.1) is 68.6 Å². The van der Waals surface area contributed by atoms with Crippen molar-refractivity contribution in [2.45, 2.75) is 37.3 Å². The summed E-state index contributed by atoms with van der Waals surface area (Å²) in [5.74, 6) is -13.0. The van der Waals surface area contributed by atoms with Crippen molar-refractivity contribution in [3.05, 3.63) is 258 Å². The van der Waals surface area contributed by atoms with Crippen molar-refractivity contribution in [3.8, 4) is 24.3 Å². The second-order valence-corrected chi connectivity index (χ2v) is 24.2. The Hall–Kier alpha value is -11.9. The molecule has 450 valence electrons. The van der Waals surface area contributed by atoms with Crippen LogP contribution in [0.2, 0.25) is 0 Å². The largest absolute Gasteiger partial charge is 0.459 e. The molecule has 4 aliphatic carbocycles. The van der Waals surface area contributed by atoms with Crippen LogP contribution in [-0.2, 0) is 75.4 Å². The van der Waals surface area contributed by atoms with E-state index in [1.807, 2.05) is 0 Å². The molecule has 0 N–H and O–H groups in total. The van der Waals surface area contributed by atoms with Crippen LogP contribution in [-0.4, -0.2) is 46.9 Å². The zero-order valence-corrected chi connectivity index (χ0v) is 49.8. The number of carbonyl (C=O) groups excluding carboxylic acids is 6. The highest BCUT2D eigenvalue weighted by Crippen LogP contribution is 2.70. The first-order valence-electron chi connectivity index (χ1n) is 27.7. The third kappa shape index (κ3) is 9.74. The molecule has 4 aliphatic rings. The number of ether oxygens (including phenoxy) is 4. The maximum absolute atomic E-state index is 16.4. The number of thiophene rings is 3. The Bertz CT molecular complexity index is 5020. The average Bonchev–Trinajstić information content (AvgIpc) is 1.48. The lowest BCUT2D eigenvalue weighted by Gasteiger charge is -2.29. The van der Waals surface area contributed by atoms with Gasteiger partial charge in [-0.15, -0.1) is 34.0 Å². The number of nitriles is 4. The van der Waals surface area contributed by atoms with Gasteiger partial charge in [-0.3, -0.25) is 28.8 Å². The number of esters is 4. The molecule has 3 aromatic heterocycles. The van der Waals surface area contributed by atoms with E-state index in [-0.39, 0.29) is 62.6 Å². The number of nitrogens with zero attached hydrogens (tertiary/aromatic N) is 6. The number of hydrogen-bond acceptors (Lipinski definition) is 19. The van der Waals surface area contributed by atoms with Crippen LogP contribution in [0.25, 0.3) is 31.7 Å². The van der Waals surface area contributed by atoms with E-state index in [0.29, 0.717) is 57.9 Å². The zero-order chi connectivity index (χ0) is 65.0. The Balaban J connectivity index is 1.11. The summed E-state index contributed by atoms with van der Waals surface area (Å²) in [6.45, 7) is -1.97. The number of rotatable bonds is 14. The smallest absolute Gasteiger partial charge is 0.333 e. The maximum Gasteiger partial charge on any atom is 0.333 e. The molecule has 0 fully saturated rings. The third-order valence-electron chi connectivity index (χ3n) is 15.8. The van der Waals surface area contributed by atoms with E-state index < -0.39 is 141 Å². The van der Waals surface area contributed by atoms with Crippen LogP contribution in [0.1, 0.15) is 75.0 Å². The second-order valence-electron chi connectivity index (χ2n) is 21.1. The predicted octanol–water partition coefficient (Wildman–Crippen LogP) is 13.5. The van der Waals surface area contributed by atoms with Gasteiger partial charge in [0.1, 0.15) is 83.3 Å². The molecule has 0 saturated heterocycles. The monoisotopic (exact) mass is 1290 g/mol. The molecule has 0 atom stereocenters. The zero-order valence-electron chi connectivity index (χ0n) is 47.3. The van der Waals surface area contributed by atoms with E-state index in [1.54, 1.807) is 146 Å². The summed E-state index contributed by atoms with van der Waals surface area (Å²) in [5.41, 5.74) is -10.5. The normalized spacial score (nSPS) is 15.1. The van der Waals surface area contributed by atoms with Gasteiger partial charge in [0, 0.05) is 70.1 Å². The fourth-order valence-electron chi connectivity index (χ4n) is 11.7. The van der Waals surface area contributed by atoms with Crippen molar-refractivity contribution in [2.75, 3.05) is 0 Å². The first-order valence-corrected chi connectivity index (χ1v) is 30.2. The summed E-state index contributed by atoms with van der Waals surface area (Å²) in [4.78, 5) is 103. The first-order chi connectivity index (χ1) is 45.1. The molecule has 93 heavy (non-hydrogen) atoms. The molecule has 3 heterocycles. The molecule has 13 rings (SSSR count). The van der Waals surface area contributed by atoms with Gasteiger partial charge >= 0.3 is 23.9 Å². The van der Waals surface area contributed by atoms with Crippen LogP contribution in [0.5, 0.6) is 0 Å². The lowest BCUT2D eigenvalue weighted by atomic mass is 9.76. The molecule has 0 spiro atoms. The number of fused-ring (bicyclic) bond motifs is 8. The summed E-state index contributed by atoms with van der Waals surface area (Å²) < 4.78 is 85.2.